The molecular weight excluding hydrogens is 188 g/mol. The maximum absolute atomic E-state index is 6.03. The minimum Gasteiger partial charge on any atom is -0.375 e. The molecule has 1 saturated carbocycles. The second kappa shape index (κ2) is 3.62. The smallest absolute Gasteiger partial charge is 0.139 e. The van der Waals surface area contributed by atoms with Gasteiger partial charge in [0.1, 0.15) is 5.60 Å². The number of benzene rings is 1. The summed E-state index contributed by atoms with van der Waals surface area (Å²) < 4.78 is 11.3. The highest BCUT2D eigenvalue weighted by Gasteiger charge is 2.42. The quantitative estimate of drug-likeness (QED) is 0.746. The Morgan fingerprint density at radius 2 is 2.33 bits per heavy atom. The van der Waals surface area contributed by atoms with Crippen molar-refractivity contribution in [2.45, 2.75) is 18.4 Å². The minimum atomic E-state index is -0.166. The monoisotopic (exact) mass is 203 g/mol. The van der Waals surface area contributed by atoms with E-state index in [-0.39, 0.29) is 5.60 Å². The molecule has 2 heteroatoms. The lowest BCUT2D eigenvalue weighted by Gasteiger charge is -2.41. The van der Waals surface area contributed by atoms with E-state index < -0.39 is 0 Å². The first kappa shape index (κ1) is 9.37. The van der Waals surface area contributed by atoms with E-state index in [0.717, 1.165) is 12.5 Å². The topological polar surface area (TPSA) is 18.5 Å². The molecule has 0 amide bonds. The van der Waals surface area contributed by atoms with Crippen LogP contribution in [0.4, 0.5) is 0 Å². The van der Waals surface area contributed by atoms with Gasteiger partial charge in [0.15, 0.2) is 0 Å². The summed E-state index contributed by atoms with van der Waals surface area (Å²) in [6.45, 7) is 2.27. The maximum Gasteiger partial charge on any atom is 0.139 e. The van der Waals surface area contributed by atoms with Gasteiger partial charge >= 0.3 is 0 Å². The summed E-state index contributed by atoms with van der Waals surface area (Å²) in [5.41, 5.74) is 1.04. The van der Waals surface area contributed by atoms with Gasteiger partial charge in [0.2, 0.25) is 0 Å². The normalized spacial score (nSPS) is 23.5. The zero-order valence-electron chi connectivity index (χ0n) is 8.74. The number of ether oxygens (including phenoxy) is 2. The van der Waals surface area contributed by atoms with Crippen molar-refractivity contribution in [3.05, 3.63) is 35.9 Å². The Hall–Kier alpha value is -0.860. The van der Waals surface area contributed by atoms with Gasteiger partial charge in [-0.3, -0.25) is 0 Å². The molecule has 0 unspecified atom stereocenters. The lowest BCUT2D eigenvalue weighted by atomic mass is 9.92. The molecule has 1 radical (unpaired) electrons. The SMILES string of the molecule is [c]1cccc(C2(OCC3CC3)COC2)c1. The number of rotatable bonds is 4. The Balaban J connectivity index is 1.73. The molecule has 1 heterocycles. The summed E-state index contributed by atoms with van der Waals surface area (Å²) in [5.74, 6) is 0.801. The highest BCUT2D eigenvalue weighted by molar-refractivity contribution is 5.24. The third kappa shape index (κ3) is 1.80. The first-order chi connectivity index (χ1) is 7.39. The van der Waals surface area contributed by atoms with Crippen molar-refractivity contribution in [3.8, 4) is 0 Å². The molecule has 15 heavy (non-hydrogen) atoms. The van der Waals surface area contributed by atoms with Gasteiger partial charge in [-0.1, -0.05) is 18.2 Å². The zero-order chi connectivity index (χ0) is 10.1. The van der Waals surface area contributed by atoms with Crippen molar-refractivity contribution in [1.82, 2.24) is 0 Å². The predicted molar refractivity (Wildman–Crippen MR) is 56.5 cm³/mol. The van der Waals surface area contributed by atoms with Gasteiger partial charge in [-0.15, -0.1) is 0 Å². The fourth-order valence-corrected chi connectivity index (χ4v) is 1.86. The molecule has 0 spiro atoms. The van der Waals surface area contributed by atoms with Crippen LogP contribution in [0, 0.1) is 12.0 Å². The van der Waals surface area contributed by atoms with Crippen LogP contribution < -0.4 is 0 Å². The number of hydrogen-bond acceptors (Lipinski definition) is 2. The molecule has 1 aliphatic carbocycles. The third-order valence-corrected chi connectivity index (χ3v) is 3.20. The van der Waals surface area contributed by atoms with Crippen LogP contribution in [0.2, 0.25) is 0 Å². The Bertz CT molecular complexity index is 326. The van der Waals surface area contributed by atoms with E-state index in [1.165, 1.54) is 18.4 Å². The van der Waals surface area contributed by atoms with Gasteiger partial charge in [-0.25, -0.2) is 0 Å². The van der Waals surface area contributed by atoms with E-state index in [2.05, 4.69) is 12.1 Å². The summed E-state index contributed by atoms with van der Waals surface area (Å²) in [6.07, 6.45) is 2.66. The molecule has 0 bridgehead atoms. The zero-order valence-corrected chi connectivity index (χ0v) is 8.74. The Morgan fingerprint density at radius 1 is 1.47 bits per heavy atom. The Morgan fingerprint density at radius 3 is 2.87 bits per heavy atom. The standard InChI is InChI=1S/C13H15O2/c1-2-4-12(5-3-1)13(9-14-10-13)15-8-11-6-7-11/h1-2,4-5,11H,6-10H2. The average Bonchev–Trinajstić information content (AvgIpc) is 3.02. The van der Waals surface area contributed by atoms with E-state index in [4.69, 9.17) is 9.47 Å². The van der Waals surface area contributed by atoms with Gasteiger partial charge in [0, 0.05) is 0 Å². The molecule has 2 fully saturated rings. The minimum absolute atomic E-state index is 0.166. The van der Waals surface area contributed by atoms with E-state index in [0.29, 0.717) is 13.2 Å². The molecule has 0 atom stereocenters. The largest absolute Gasteiger partial charge is 0.375 e. The van der Waals surface area contributed by atoms with Crippen LogP contribution >= 0.6 is 0 Å². The van der Waals surface area contributed by atoms with Crippen LogP contribution in [0.1, 0.15) is 18.4 Å². The molecule has 1 aromatic rings. The van der Waals surface area contributed by atoms with Crippen molar-refractivity contribution in [2.24, 2.45) is 5.92 Å². The molecular formula is C13H15O2. The molecule has 3 rings (SSSR count). The fraction of sp³-hybridized carbons (Fsp3) is 0.538. The first-order valence-electron chi connectivity index (χ1n) is 5.57. The van der Waals surface area contributed by atoms with Crippen molar-refractivity contribution in [1.29, 1.82) is 0 Å². The van der Waals surface area contributed by atoms with Crippen LogP contribution in [0.15, 0.2) is 24.3 Å². The summed E-state index contributed by atoms with van der Waals surface area (Å²) in [4.78, 5) is 0. The van der Waals surface area contributed by atoms with E-state index in [1.54, 1.807) is 0 Å². The molecule has 1 aliphatic heterocycles. The molecule has 1 aromatic carbocycles. The summed E-state index contributed by atoms with van der Waals surface area (Å²) in [6, 6.07) is 11.1. The van der Waals surface area contributed by atoms with E-state index >= 15 is 0 Å². The van der Waals surface area contributed by atoms with Crippen molar-refractivity contribution in [2.75, 3.05) is 19.8 Å². The molecule has 0 N–H and O–H groups in total. The second-order valence-corrected chi connectivity index (χ2v) is 4.53. The van der Waals surface area contributed by atoms with E-state index in [1.807, 2.05) is 18.2 Å². The van der Waals surface area contributed by atoms with Crippen LogP contribution in [-0.2, 0) is 15.1 Å². The maximum atomic E-state index is 6.03. The van der Waals surface area contributed by atoms with E-state index in [9.17, 15) is 0 Å². The second-order valence-electron chi connectivity index (χ2n) is 4.53. The predicted octanol–water partition coefficient (Wildman–Crippen LogP) is 2.14. The van der Waals surface area contributed by atoms with Gasteiger partial charge in [0.25, 0.3) is 0 Å². The van der Waals surface area contributed by atoms with Crippen LogP contribution in [-0.4, -0.2) is 19.8 Å². The van der Waals surface area contributed by atoms with Crippen LogP contribution in [0.5, 0.6) is 0 Å². The Labute approximate surface area is 90.2 Å². The van der Waals surface area contributed by atoms with Gasteiger partial charge in [0.05, 0.1) is 19.8 Å². The molecule has 2 aliphatic rings. The highest BCUT2D eigenvalue weighted by atomic mass is 16.6. The third-order valence-electron chi connectivity index (χ3n) is 3.20. The average molecular weight is 203 g/mol. The van der Waals surface area contributed by atoms with Crippen molar-refractivity contribution < 1.29 is 9.47 Å². The highest BCUT2D eigenvalue weighted by Crippen LogP contribution is 2.37. The van der Waals surface area contributed by atoms with Gasteiger partial charge < -0.3 is 9.47 Å². The van der Waals surface area contributed by atoms with Gasteiger partial charge in [-0.2, -0.15) is 0 Å². The summed E-state index contributed by atoms with van der Waals surface area (Å²) in [7, 11) is 0. The molecule has 2 nitrogen and oxygen atoms in total. The van der Waals surface area contributed by atoms with Crippen LogP contribution in [0.3, 0.4) is 0 Å². The van der Waals surface area contributed by atoms with Crippen LogP contribution in [0.25, 0.3) is 0 Å². The molecule has 1 saturated heterocycles. The Kier molecular flexibility index (Phi) is 2.26. The van der Waals surface area contributed by atoms with Crippen molar-refractivity contribution in [3.63, 3.8) is 0 Å². The lowest BCUT2D eigenvalue weighted by Crippen LogP contribution is -2.49. The molecule has 0 aromatic heterocycles. The fourth-order valence-electron chi connectivity index (χ4n) is 1.86. The first-order valence-corrected chi connectivity index (χ1v) is 5.57. The van der Waals surface area contributed by atoms with Gasteiger partial charge in [-0.05, 0) is 36.5 Å². The number of hydrogen-bond donors (Lipinski definition) is 0. The molecule has 79 valence electrons. The van der Waals surface area contributed by atoms with Crippen molar-refractivity contribution >= 4 is 0 Å². The summed E-state index contributed by atoms with van der Waals surface area (Å²) in [5, 5.41) is 0. The lowest BCUT2D eigenvalue weighted by molar-refractivity contribution is -0.218. The summed E-state index contributed by atoms with van der Waals surface area (Å²) >= 11 is 0.